The maximum atomic E-state index is 13.0. The zero-order valence-corrected chi connectivity index (χ0v) is 16.5. The standard InChI is InChI=1S/C25H26N2O2/c26-10-6-2-1-3-7-11-27-23-16-24(28)21-14-19-12-17-8-4-5-9-18(17)13-20(19)15-22(21)25(23)29/h4-5,8-9,12-16,27H,1-3,6-7,10-11,26H2. The summed E-state index contributed by atoms with van der Waals surface area (Å²) in [6.07, 6.45) is 6.87. The van der Waals surface area contributed by atoms with Crippen LogP contribution in [-0.4, -0.2) is 24.7 Å². The zero-order valence-electron chi connectivity index (χ0n) is 16.5. The molecule has 0 amide bonds. The Morgan fingerprint density at radius 1 is 0.724 bits per heavy atom. The smallest absolute Gasteiger partial charge is 0.209 e. The fourth-order valence-electron chi connectivity index (χ4n) is 3.96. The van der Waals surface area contributed by atoms with Crippen LogP contribution < -0.4 is 11.1 Å². The first-order valence-electron chi connectivity index (χ1n) is 10.4. The van der Waals surface area contributed by atoms with Crippen molar-refractivity contribution in [2.45, 2.75) is 32.1 Å². The number of fused-ring (bicyclic) bond motifs is 3. The van der Waals surface area contributed by atoms with Crippen LogP contribution in [0.2, 0.25) is 0 Å². The molecule has 1 aliphatic carbocycles. The van der Waals surface area contributed by atoms with Gasteiger partial charge in [-0.05, 0) is 65.2 Å². The van der Waals surface area contributed by atoms with Gasteiger partial charge in [0.05, 0.1) is 5.70 Å². The summed E-state index contributed by atoms with van der Waals surface area (Å²) < 4.78 is 0. The van der Waals surface area contributed by atoms with E-state index < -0.39 is 0 Å². The number of carbonyl (C=O) groups is 2. The highest BCUT2D eigenvalue weighted by Crippen LogP contribution is 2.29. The van der Waals surface area contributed by atoms with Crippen molar-refractivity contribution in [2.75, 3.05) is 13.1 Å². The first-order chi connectivity index (χ1) is 14.2. The van der Waals surface area contributed by atoms with Gasteiger partial charge < -0.3 is 11.1 Å². The predicted octanol–water partition coefficient (Wildman–Crippen LogP) is 4.75. The van der Waals surface area contributed by atoms with Crippen molar-refractivity contribution in [1.82, 2.24) is 5.32 Å². The van der Waals surface area contributed by atoms with E-state index in [-0.39, 0.29) is 11.6 Å². The van der Waals surface area contributed by atoms with Gasteiger partial charge in [-0.3, -0.25) is 9.59 Å². The highest BCUT2D eigenvalue weighted by atomic mass is 16.1. The molecule has 4 heteroatoms. The number of benzene rings is 3. The summed E-state index contributed by atoms with van der Waals surface area (Å²) in [6, 6.07) is 16.0. The first kappa shape index (κ1) is 19.3. The Morgan fingerprint density at radius 2 is 1.34 bits per heavy atom. The van der Waals surface area contributed by atoms with Gasteiger partial charge in [-0.15, -0.1) is 0 Å². The predicted molar refractivity (Wildman–Crippen MR) is 118 cm³/mol. The molecule has 148 valence electrons. The van der Waals surface area contributed by atoms with Crippen molar-refractivity contribution >= 4 is 33.1 Å². The van der Waals surface area contributed by atoms with Crippen LogP contribution in [0.4, 0.5) is 0 Å². The van der Waals surface area contributed by atoms with Gasteiger partial charge in [-0.2, -0.15) is 0 Å². The molecule has 0 radical (unpaired) electrons. The lowest BCUT2D eigenvalue weighted by Gasteiger charge is -2.17. The summed E-state index contributed by atoms with van der Waals surface area (Å²) in [6.45, 7) is 1.44. The Morgan fingerprint density at radius 3 is 2.03 bits per heavy atom. The average molecular weight is 386 g/mol. The number of unbranched alkanes of at least 4 members (excludes halogenated alkanes) is 4. The Labute approximate surface area is 170 Å². The molecular weight excluding hydrogens is 360 g/mol. The Hall–Kier alpha value is -2.98. The summed E-state index contributed by atoms with van der Waals surface area (Å²) in [5.74, 6) is -0.210. The number of nitrogens with one attached hydrogen (secondary N) is 1. The van der Waals surface area contributed by atoms with E-state index in [1.165, 1.54) is 6.08 Å². The third-order valence-electron chi connectivity index (χ3n) is 5.57. The number of ketones is 2. The van der Waals surface area contributed by atoms with Gasteiger partial charge in [-0.25, -0.2) is 0 Å². The molecular formula is C25H26N2O2. The number of allylic oxidation sites excluding steroid dienone is 2. The molecule has 0 bridgehead atoms. The SMILES string of the molecule is NCCCCCCCNC1=CC(=O)c2cc3cc4ccccc4cc3cc2C1=O. The molecule has 0 aliphatic heterocycles. The summed E-state index contributed by atoms with van der Waals surface area (Å²) >= 11 is 0. The molecule has 4 nitrogen and oxygen atoms in total. The van der Waals surface area contributed by atoms with E-state index in [9.17, 15) is 9.59 Å². The van der Waals surface area contributed by atoms with Crippen LogP contribution in [0, 0.1) is 0 Å². The van der Waals surface area contributed by atoms with Crippen LogP contribution in [0.25, 0.3) is 21.5 Å². The third-order valence-corrected chi connectivity index (χ3v) is 5.57. The van der Waals surface area contributed by atoms with E-state index in [4.69, 9.17) is 5.73 Å². The van der Waals surface area contributed by atoms with Gasteiger partial charge in [-0.1, -0.05) is 43.5 Å². The van der Waals surface area contributed by atoms with Crippen LogP contribution in [0.1, 0.15) is 52.8 Å². The number of nitrogens with two attached hydrogens (primary N) is 1. The topological polar surface area (TPSA) is 72.2 Å². The third kappa shape index (κ3) is 4.08. The maximum Gasteiger partial charge on any atom is 0.209 e. The Balaban J connectivity index is 1.53. The maximum absolute atomic E-state index is 13.0. The molecule has 0 aromatic heterocycles. The molecule has 0 fully saturated rings. The summed E-state index contributed by atoms with van der Waals surface area (Å²) in [7, 11) is 0. The van der Waals surface area contributed by atoms with E-state index in [1.807, 2.05) is 24.3 Å². The molecule has 3 aromatic carbocycles. The molecule has 29 heavy (non-hydrogen) atoms. The molecule has 0 atom stereocenters. The van der Waals surface area contributed by atoms with E-state index in [1.54, 1.807) is 0 Å². The van der Waals surface area contributed by atoms with E-state index in [2.05, 4.69) is 29.6 Å². The number of hydrogen-bond donors (Lipinski definition) is 2. The van der Waals surface area contributed by atoms with Crippen LogP contribution in [0.5, 0.6) is 0 Å². The van der Waals surface area contributed by atoms with Crippen molar-refractivity contribution < 1.29 is 9.59 Å². The Bertz CT molecular complexity index is 1110. The fraction of sp³-hybridized carbons (Fsp3) is 0.280. The Kier molecular flexibility index (Phi) is 5.72. The van der Waals surface area contributed by atoms with Gasteiger partial charge in [0, 0.05) is 23.7 Å². The van der Waals surface area contributed by atoms with Crippen molar-refractivity contribution in [2.24, 2.45) is 5.73 Å². The van der Waals surface area contributed by atoms with Crippen LogP contribution in [0.15, 0.2) is 60.3 Å². The van der Waals surface area contributed by atoms with Crippen molar-refractivity contribution in [3.8, 4) is 0 Å². The monoisotopic (exact) mass is 386 g/mol. The molecule has 0 saturated carbocycles. The second-order valence-electron chi connectivity index (χ2n) is 7.68. The van der Waals surface area contributed by atoms with Gasteiger partial charge in [0.1, 0.15) is 0 Å². The fourth-order valence-corrected chi connectivity index (χ4v) is 3.96. The number of rotatable bonds is 8. The van der Waals surface area contributed by atoms with Crippen LogP contribution in [0.3, 0.4) is 0 Å². The van der Waals surface area contributed by atoms with Crippen LogP contribution in [-0.2, 0) is 0 Å². The number of Topliss-reactive ketones (excluding diaryl/α,β-unsaturated/α-hetero) is 1. The molecule has 4 rings (SSSR count). The minimum Gasteiger partial charge on any atom is -0.382 e. The quantitative estimate of drug-likeness (QED) is 0.433. The summed E-state index contributed by atoms with van der Waals surface area (Å²) in [5.41, 5.74) is 6.90. The molecule has 1 aliphatic rings. The van der Waals surface area contributed by atoms with Gasteiger partial charge >= 0.3 is 0 Å². The lowest BCUT2D eigenvalue weighted by atomic mass is 9.89. The van der Waals surface area contributed by atoms with E-state index in [0.717, 1.165) is 60.2 Å². The molecule has 0 unspecified atom stereocenters. The van der Waals surface area contributed by atoms with Crippen LogP contribution >= 0.6 is 0 Å². The lowest BCUT2D eigenvalue weighted by Crippen LogP contribution is -2.27. The van der Waals surface area contributed by atoms with Crippen molar-refractivity contribution in [1.29, 1.82) is 0 Å². The first-order valence-corrected chi connectivity index (χ1v) is 10.4. The second-order valence-corrected chi connectivity index (χ2v) is 7.68. The lowest BCUT2D eigenvalue weighted by molar-refractivity contribution is 0.0978. The van der Waals surface area contributed by atoms with Crippen molar-refractivity contribution in [3.63, 3.8) is 0 Å². The van der Waals surface area contributed by atoms with E-state index >= 15 is 0 Å². The van der Waals surface area contributed by atoms with Crippen molar-refractivity contribution in [3.05, 3.63) is 71.4 Å². The zero-order chi connectivity index (χ0) is 20.2. The highest BCUT2D eigenvalue weighted by molar-refractivity contribution is 6.26. The molecule has 0 spiro atoms. The van der Waals surface area contributed by atoms with Gasteiger partial charge in [0.2, 0.25) is 5.78 Å². The normalized spacial score (nSPS) is 13.6. The van der Waals surface area contributed by atoms with E-state index in [0.29, 0.717) is 23.4 Å². The highest BCUT2D eigenvalue weighted by Gasteiger charge is 2.26. The van der Waals surface area contributed by atoms with Gasteiger partial charge in [0.15, 0.2) is 5.78 Å². The minimum absolute atomic E-state index is 0.0993. The summed E-state index contributed by atoms with van der Waals surface area (Å²) in [4.78, 5) is 25.7. The minimum atomic E-state index is -0.111. The number of carbonyl (C=O) groups excluding carboxylic acids is 2. The largest absolute Gasteiger partial charge is 0.382 e. The molecule has 0 heterocycles. The average Bonchev–Trinajstić information content (AvgIpc) is 2.74. The molecule has 0 saturated heterocycles. The van der Waals surface area contributed by atoms with Gasteiger partial charge in [0.25, 0.3) is 0 Å². The second kappa shape index (κ2) is 8.58. The molecule has 3 aromatic rings. The number of hydrogen-bond acceptors (Lipinski definition) is 4. The summed E-state index contributed by atoms with van der Waals surface area (Å²) in [5, 5.41) is 7.38. The molecule has 3 N–H and O–H groups in total.